The molecule has 1 aromatic carbocycles. The number of nitrogens with zero attached hydrogens (tertiary/aromatic N) is 5. The quantitative estimate of drug-likeness (QED) is 0.702. The molecule has 5 nitrogen and oxygen atoms in total. The highest BCUT2D eigenvalue weighted by molar-refractivity contribution is 7.12. The molecule has 86 valence electrons. The molecule has 0 radical (unpaired) electrons. The monoisotopic (exact) mass is 253 g/mol. The summed E-state index contributed by atoms with van der Waals surface area (Å²) in [5.41, 5.74) is 1.87. The SMILES string of the molecule is N#Cc1nnn(-c2nccs2)c1-c1ccccc1. The van der Waals surface area contributed by atoms with Crippen molar-refractivity contribution in [1.82, 2.24) is 20.0 Å². The lowest BCUT2D eigenvalue weighted by Gasteiger charge is -2.02. The average molecular weight is 253 g/mol. The predicted octanol–water partition coefficient (Wildman–Crippen LogP) is 2.26. The van der Waals surface area contributed by atoms with Gasteiger partial charge in [-0.2, -0.15) is 9.94 Å². The molecule has 0 N–H and O–H groups in total. The maximum Gasteiger partial charge on any atom is 0.212 e. The van der Waals surface area contributed by atoms with Crippen LogP contribution in [-0.2, 0) is 0 Å². The van der Waals surface area contributed by atoms with E-state index < -0.39 is 0 Å². The third kappa shape index (κ3) is 1.67. The van der Waals surface area contributed by atoms with Gasteiger partial charge in [-0.15, -0.1) is 16.4 Å². The van der Waals surface area contributed by atoms with E-state index in [4.69, 9.17) is 5.26 Å². The van der Waals surface area contributed by atoms with Gasteiger partial charge in [-0.25, -0.2) is 4.98 Å². The molecule has 0 saturated carbocycles. The second kappa shape index (κ2) is 4.39. The van der Waals surface area contributed by atoms with Crippen molar-refractivity contribution in [2.75, 3.05) is 0 Å². The molecular weight excluding hydrogens is 246 g/mol. The van der Waals surface area contributed by atoms with Crippen LogP contribution in [0.25, 0.3) is 16.4 Å². The molecule has 3 aromatic rings. The third-order valence-corrected chi connectivity index (χ3v) is 3.17. The fourth-order valence-corrected chi connectivity index (χ4v) is 2.26. The lowest BCUT2D eigenvalue weighted by molar-refractivity contribution is 0.800. The average Bonchev–Trinajstić information content (AvgIpc) is 3.08. The van der Waals surface area contributed by atoms with E-state index in [-0.39, 0.29) is 0 Å². The zero-order chi connectivity index (χ0) is 12.4. The molecule has 3 rings (SSSR count). The number of thiazole rings is 1. The fraction of sp³-hybridized carbons (Fsp3) is 0. The Hall–Kier alpha value is -2.52. The topological polar surface area (TPSA) is 67.4 Å². The fourth-order valence-electron chi connectivity index (χ4n) is 1.67. The van der Waals surface area contributed by atoms with Crippen LogP contribution in [0, 0.1) is 11.3 Å². The number of nitriles is 1. The van der Waals surface area contributed by atoms with Crippen molar-refractivity contribution in [2.45, 2.75) is 0 Å². The molecule has 0 spiro atoms. The van der Waals surface area contributed by atoms with E-state index in [1.807, 2.05) is 35.7 Å². The number of hydrogen-bond acceptors (Lipinski definition) is 5. The molecule has 2 aromatic heterocycles. The minimum Gasteiger partial charge on any atom is -0.227 e. The lowest BCUT2D eigenvalue weighted by atomic mass is 10.1. The molecule has 0 fully saturated rings. The van der Waals surface area contributed by atoms with E-state index in [9.17, 15) is 0 Å². The lowest BCUT2D eigenvalue weighted by Crippen LogP contribution is -1.98. The summed E-state index contributed by atoms with van der Waals surface area (Å²) in [5, 5.41) is 19.5. The summed E-state index contributed by atoms with van der Waals surface area (Å²) in [6, 6.07) is 11.6. The summed E-state index contributed by atoms with van der Waals surface area (Å²) in [5.74, 6) is 0. The van der Waals surface area contributed by atoms with Crippen LogP contribution < -0.4 is 0 Å². The minimum atomic E-state index is 0.302. The van der Waals surface area contributed by atoms with Gasteiger partial charge in [-0.05, 0) is 0 Å². The summed E-state index contributed by atoms with van der Waals surface area (Å²) in [7, 11) is 0. The van der Waals surface area contributed by atoms with Gasteiger partial charge in [0, 0.05) is 17.1 Å². The minimum absolute atomic E-state index is 0.302. The van der Waals surface area contributed by atoms with Crippen LogP contribution >= 0.6 is 11.3 Å². The highest BCUT2D eigenvalue weighted by atomic mass is 32.1. The maximum atomic E-state index is 9.11. The zero-order valence-corrected chi connectivity index (χ0v) is 10.0. The standard InChI is InChI=1S/C12H7N5S/c13-8-10-11(9-4-2-1-3-5-9)17(16-15-10)12-14-6-7-18-12/h1-7H. The van der Waals surface area contributed by atoms with Crippen LogP contribution in [0.4, 0.5) is 0 Å². The van der Waals surface area contributed by atoms with Crippen LogP contribution in [0.1, 0.15) is 5.69 Å². The van der Waals surface area contributed by atoms with Gasteiger partial charge < -0.3 is 0 Å². The van der Waals surface area contributed by atoms with Crippen LogP contribution in [0.15, 0.2) is 41.9 Å². The van der Waals surface area contributed by atoms with Crippen LogP contribution in [-0.4, -0.2) is 20.0 Å². The van der Waals surface area contributed by atoms with Crippen molar-refractivity contribution >= 4 is 11.3 Å². The van der Waals surface area contributed by atoms with E-state index in [2.05, 4.69) is 21.4 Å². The van der Waals surface area contributed by atoms with Crippen molar-refractivity contribution in [2.24, 2.45) is 0 Å². The summed E-state index contributed by atoms with van der Waals surface area (Å²) in [6.07, 6.45) is 1.70. The van der Waals surface area contributed by atoms with Gasteiger partial charge in [0.25, 0.3) is 0 Å². The second-order valence-corrected chi connectivity index (χ2v) is 4.36. The van der Waals surface area contributed by atoms with Crippen molar-refractivity contribution in [1.29, 1.82) is 5.26 Å². The Morgan fingerprint density at radius 3 is 2.72 bits per heavy atom. The Morgan fingerprint density at radius 2 is 2.06 bits per heavy atom. The Balaban J connectivity index is 2.25. The first kappa shape index (κ1) is 10.6. The summed E-state index contributed by atoms with van der Waals surface area (Å²) in [6.45, 7) is 0. The van der Waals surface area contributed by atoms with E-state index in [0.717, 1.165) is 5.56 Å². The molecule has 0 aliphatic carbocycles. The number of aromatic nitrogens is 4. The van der Waals surface area contributed by atoms with Gasteiger partial charge >= 0.3 is 0 Å². The van der Waals surface area contributed by atoms with Gasteiger partial charge in [0.15, 0.2) is 5.69 Å². The summed E-state index contributed by atoms with van der Waals surface area (Å²) < 4.78 is 1.60. The highest BCUT2D eigenvalue weighted by Gasteiger charge is 2.16. The number of rotatable bonds is 2. The van der Waals surface area contributed by atoms with Crippen LogP contribution in [0.2, 0.25) is 0 Å². The molecule has 2 heterocycles. The number of hydrogen-bond donors (Lipinski definition) is 0. The highest BCUT2D eigenvalue weighted by Crippen LogP contribution is 2.25. The first-order valence-electron chi connectivity index (χ1n) is 5.21. The van der Waals surface area contributed by atoms with Gasteiger partial charge in [-0.1, -0.05) is 35.5 Å². The molecule has 0 atom stereocenters. The van der Waals surface area contributed by atoms with E-state index in [1.165, 1.54) is 11.3 Å². The molecule has 6 heteroatoms. The van der Waals surface area contributed by atoms with Crippen LogP contribution in [0.3, 0.4) is 0 Å². The van der Waals surface area contributed by atoms with E-state index in [1.54, 1.807) is 10.9 Å². The van der Waals surface area contributed by atoms with Gasteiger partial charge in [0.1, 0.15) is 11.8 Å². The predicted molar refractivity (Wildman–Crippen MR) is 67.2 cm³/mol. The Bertz CT molecular complexity index is 694. The number of benzene rings is 1. The normalized spacial score (nSPS) is 10.2. The molecule has 0 amide bonds. The molecule has 18 heavy (non-hydrogen) atoms. The molecular formula is C12H7N5S. The third-order valence-electron chi connectivity index (χ3n) is 2.42. The van der Waals surface area contributed by atoms with Gasteiger partial charge in [0.2, 0.25) is 5.13 Å². The van der Waals surface area contributed by atoms with Crippen molar-refractivity contribution in [3.05, 3.63) is 47.6 Å². The molecule has 0 bridgehead atoms. The van der Waals surface area contributed by atoms with Gasteiger partial charge in [0.05, 0.1) is 0 Å². The van der Waals surface area contributed by atoms with Crippen molar-refractivity contribution < 1.29 is 0 Å². The summed E-state index contributed by atoms with van der Waals surface area (Å²) in [4.78, 5) is 4.19. The summed E-state index contributed by atoms with van der Waals surface area (Å²) >= 11 is 1.45. The van der Waals surface area contributed by atoms with Crippen molar-refractivity contribution in [3.63, 3.8) is 0 Å². The van der Waals surface area contributed by atoms with E-state index >= 15 is 0 Å². The maximum absolute atomic E-state index is 9.11. The molecule has 0 unspecified atom stereocenters. The second-order valence-electron chi connectivity index (χ2n) is 3.49. The zero-order valence-electron chi connectivity index (χ0n) is 9.19. The molecule has 0 saturated heterocycles. The Morgan fingerprint density at radius 1 is 1.22 bits per heavy atom. The molecule has 0 aliphatic heterocycles. The van der Waals surface area contributed by atoms with Gasteiger partial charge in [-0.3, -0.25) is 0 Å². The largest absolute Gasteiger partial charge is 0.227 e. The van der Waals surface area contributed by atoms with E-state index in [0.29, 0.717) is 16.5 Å². The first-order chi connectivity index (χ1) is 8.90. The first-order valence-corrected chi connectivity index (χ1v) is 6.09. The molecule has 0 aliphatic rings. The Kier molecular flexibility index (Phi) is 2.59. The Labute approximate surface area is 107 Å². The smallest absolute Gasteiger partial charge is 0.212 e. The van der Waals surface area contributed by atoms with Crippen LogP contribution in [0.5, 0.6) is 0 Å². The van der Waals surface area contributed by atoms with Crippen molar-refractivity contribution in [3.8, 4) is 22.5 Å².